The van der Waals surface area contributed by atoms with E-state index in [4.69, 9.17) is 28.6 Å². The van der Waals surface area contributed by atoms with Crippen LogP contribution in [0.25, 0.3) is 0 Å². The Morgan fingerprint density at radius 3 is 2.55 bits per heavy atom. The second kappa shape index (κ2) is 10.9. The van der Waals surface area contributed by atoms with Crippen molar-refractivity contribution in [2.75, 3.05) is 17.7 Å². The highest BCUT2D eigenvalue weighted by Crippen LogP contribution is 2.32. The molecule has 0 aliphatic heterocycles. The minimum atomic E-state index is -0.454. The van der Waals surface area contributed by atoms with Crippen LogP contribution in [-0.4, -0.2) is 24.0 Å². The molecule has 154 valence electrons. The van der Waals surface area contributed by atoms with Crippen molar-refractivity contribution in [3.8, 4) is 5.75 Å². The molecular weight excluding hydrogens is 546 g/mol. The minimum absolute atomic E-state index is 0.0482. The van der Waals surface area contributed by atoms with Crippen LogP contribution in [0, 0.1) is 0 Å². The first-order chi connectivity index (χ1) is 13.7. The Hall–Kier alpha value is -1.68. The van der Waals surface area contributed by atoms with Gasteiger partial charge in [0, 0.05) is 16.6 Å². The molecule has 0 saturated heterocycles. The smallest absolute Gasteiger partial charge is 0.261 e. The fourth-order valence-electron chi connectivity index (χ4n) is 2.41. The van der Waals surface area contributed by atoms with E-state index in [-0.39, 0.29) is 11.0 Å². The molecule has 2 amide bonds. The number of rotatable bonds is 6. The van der Waals surface area contributed by atoms with Crippen molar-refractivity contribution in [3.63, 3.8) is 0 Å². The number of hydrogen-bond donors (Lipinski definition) is 3. The Balaban J connectivity index is 2.13. The number of methoxy groups -OCH3 is 1. The van der Waals surface area contributed by atoms with Gasteiger partial charge >= 0.3 is 0 Å². The van der Waals surface area contributed by atoms with Crippen molar-refractivity contribution in [3.05, 3.63) is 49.9 Å². The second-order valence-electron chi connectivity index (χ2n) is 5.87. The average Bonchev–Trinajstić information content (AvgIpc) is 2.64. The van der Waals surface area contributed by atoms with E-state index < -0.39 is 5.91 Å². The van der Waals surface area contributed by atoms with Crippen LogP contribution in [0.3, 0.4) is 0 Å². The molecule has 0 aliphatic rings. The van der Waals surface area contributed by atoms with Gasteiger partial charge in [0.05, 0.1) is 27.9 Å². The number of carbonyl (C=O) groups excluding carboxylic acids is 2. The summed E-state index contributed by atoms with van der Waals surface area (Å²) in [5.41, 5.74) is 1.32. The number of anilines is 2. The molecule has 10 heteroatoms. The van der Waals surface area contributed by atoms with Gasteiger partial charge in [-0.15, -0.1) is 0 Å². The predicted molar refractivity (Wildman–Crippen MR) is 127 cm³/mol. The number of amides is 2. The molecule has 2 aromatic rings. The molecule has 0 aromatic heterocycles. The van der Waals surface area contributed by atoms with E-state index in [9.17, 15) is 9.59 Å². The lowest BCUT2D eigenvalue weighted by atomic mass is 10.2. The SMILES string of the molecule is CCCC(=O)Nc1ccc(Cl)c(NC(=S)NC(=O)c2cc(Br)cc(Br)c2OC)c1. The topological polar surface area (TPSA) is 79.5 Å². The van der Waals surface area contributed by atoms with Crippen LogP contribution in [0.15, 0.2) is 39.3 Å². The van der Waals surface area contributed by atoms with Gasteiger partial charge in [0.15, 0.2) is 5.11 Å². The number of hydrogen-bond acceptors (Lipinski definition) is 4. The summed E-state index contributed by atoms with van der Waals surface area (Å²) in [6.45, 7) is 1.92. The van der Waals surface area contributed by atoms with Crippen molar-refractivity contribution >= 4 is 84.0 Å². The van der Waals surface area contributed by atoms with Crippen LogP contribution in [0.4, 0.5) is 11.4 Å². The molecule has 0 spiro atoms. The summed E-state index contributed by atoms with van der Waals surface area (Å²) in [5.74, 6) is -0.166. The fourth-order valence-corrected chi connectivity index (χ4v) is 4.16. The third-order valence-electron chi connectivity index (χ3n) is 3.66. The first kappa shape index (κ1) is 23.6. The summed E-state index contributed by atoms with van der Waals surface area (Å²) in [6, 6.07) is 8.35. The Morgan fingerprint density at radius 2 is 1.90 bits per heavy atom. The molecule has 3 N–H and O–H groups in total. The van der Waals surface area contributed by atoms with Gasteiger partial charge in [0.25, 0.3) is 5.91 Å². The predicted octanol–water partition coefficient (Wildman–Crippen LogP) is 5.74. The van der Waals surface area contributed by atoms with Crippen molar-refractivity contribution in [1.29, 1.82) is 0 Å². The van der Waals surface area contributed by atoms with Crippen molar-refractivity contribution < 1.29 is 14.3 Å². The first-order valence-electron chi connectivity index (χ1n) is 8.50. The van der Waals surface area contributed by atoms with E-state index in [1.165, 1.54) is 7.11 Å². The summed E-state index contributed by atoms with van der Waals surface area (Å²) < 4.78 is 6.61. The molecule has 0 fully saturated rings. The molecule has 2 rings (SSSR count). The molecule has 29 heavy (non-hydrogen) atoms. The number of carbonyl (C=O) groups is 2. The van der Waals surface area contributed by atoms with Crippen molar-refractivity contribution in [2.24, 2.45) is 0 Å². The number of nitrogens with one attached hydrogen (secondary N) is 3. The third-order valence-corrected chi connectivity index (χ3v) is 5.24. The molecule has 0 unspecified atom stereocenters. The lowest BCUT2D eigenvalue weighted by molar-refractivity contribution is -0.116. The highest BCUT2D eigenvalue weighted by molar-refractivity contribution is 9.11. The maximum absolute atomic E-state index is 12.6. The zero-order valence-corrected chi connectivity index (χ0v) is 20.3. The van der Waals surface area contributed by atoms with E-state index in [1.54, 1.807) is 30.3 Å². The number of ether oxygens (including phenoxy) is 1. The van der Waals surface area contributed by atoms with Crippen LogP contribution in [0.2, 0.25) is 5.02 Å². The van der Waals surface area contributed by atoms with E-state index in [0.717, 1.165) is 6.42 Å². The van der Waals surface area contributed by atoms with Crippen LogP contribution in [-0.2, 0) is 4.79 Å². The van der Waals surface area contributed by atoms with Gasteiger partial charge in [0.1, 0.15) is 5.75 Å². The minimum Gasteiger partial charge on any atom is -0.495 e. The van der Waals surface area contributed by atoms with E-state index >= 15 is 0 Å². The number of halogens is 3. The molecule has 0 radical (unpaired) electrons. The summed E-state index contributed by atoms with van der Waals surface area (Å²) in [7, 11) is 1.47. The van der Waals surface area contributed by atoms with Gasteiger partial charge < -0.3 is 15.4 Å². The Bertz CT molecular complexity index is 957. The first-order valence-corrected chi connectivity index (χ1v) is 10.9. The van der Waals surface area contributed by atoms with Gasteiger partial charge in [-0.1, -0.05) is 34.5 Å². The molecule has 0 saturated carbocycles. The van der Waals surface area contributed by atoms with Crippen molar-refractivity contribution in [2.45, 2.75) is 19.8 Å². The van der Waals surface area contributed by atoms with Crippen LogP contribution in [0.5, 0.6) is 5.75 Å². The van der Waals surface area contributed by atoms with E-state index in [1.807, 2.05) is 6.92 Å². The summed E-state index contributed by atoms with van der Waals surface area (Å²) >= 11 is 18.1. The maximum atomic E-state index is 12.6. The maximum Gasteiger partial charge on any atom is 0.261 e. The quantitative estimate of drug-likeness (QED) is 0.391. The zero-order chi connectivity index (χ0) is 21.6. The summed E-state index contributed by atoms with van der Waals surface area (Å²) in [4.78, 5) is 24.4. The van der Waals surface area contributed by atoms with Gasteiger partial charge in [-0.25, -0.2) is 0 Å². The Kier molecular flexibility index (Phi) is 8.88. The second-order valence-corrected chi connectivity index (χ2v) is 8.45. The molecular formula is C19H18Br2ClN3O3S. The zero-order valence-electron chi connectivity index (χ0n) is 15.6. The van der Waals surface area contributed by atoms with E-state index in [0.29, 0.717) is 43.1 Å². The highest BCUT2D eigenvalue weighted by Gasteiger charge is 2.18. The highest BCUT2D eigenvalue weighted by atomic mass is 79.9. The number of thiocarbonyl (C=S) groups is 1. The normalized spacial score (nSPS) is 10.2. The Morgan fingerprint density at radius 1 is 1.17 bits per heavy atom. The monoisotopic (exact) mass is 561 g/mol. The summed E-state index contributed by atoms with van der Waals surface area (Å²) in [5, 5.41) is 8.69. The van der Waals surface area contributed by atoms with Crippen LogP contribution in [0.1, 0.15) is 30.1 Å². The van der Waals surface area contributed by atoms with Gasteiger partial charge in [0.2, 0.25) is 5.91 Å². The molecule has 0 heterocycles. The standard InChI is InChI=1S/C19H18Br2ClN3O3S/c1-3-4-16(26)23-11-5-6-14(22)15(9-11)24-19(29)25-18(27)12-7-10(20)8-13(21)17(12)28-2/h5-9H,3-4H2,1-2H3,(H,23,26)(H2,24,25,27,29). The fraction of sp³-hybridized carbons (Fsp3) is 0.211. The van der Waals surface area contributed by atoms with Gasteiger partial charge in [-0.2, -0.15) is 0 Å². The van der Waals surface area contributed by atoms with Crippen LogP contribution >= 0.6 is 55.7 Å². The lowest BCUT2D eigenvalue weighted by Gasteiger charge is -2.14. The largest absolute Gasteiger partial charge is 0.495 e. The van der Waals surface area contributed by atoms with Crippen molar-refractivity contribution in [1.82, 2.24) is 5.32 Å². The molecule has 2 aromatic carbocycles. The third kappa shape index (κ3) is 6.67. The number of benzene rings is 2. The van der Waals surface area contributed by atoms with Gasteiger partial charge in [-0.05, 0) is 64.9 Å². The average molecular weight is 564 g/mol. The van der Waals surface area contributed by atoms with E-state index in [2.05, 4.69) is 47.8 Å². The van der Waals surface area contributed by atoms with Crippen LogP contribution < -0.4 is 20.7 Å². The molecule has 0 aliphatic carbocycles. The molecule has 0 atom stereocenters. The molecule has 6 nitrogen and oxygen atoms in total. The van der Waals surface area contributed by atoms with Gasteiger partial charge in [-0.3, -0.25) is 14.9 Å². The molecule has 0 bridgehead atoms. The Labute approximate surface area is 196 Å². The lowest BCUT2D eigenvalue weighted by Crippen LogP contribution is -2.34. The summed E-state index contributed by atoms with van der Waals surface area (Å²) in [6.07, 6.45) is 1.17.